The van der Waals surface area contributed by atoms with Crippen LogP contribution in [-0.4, -0.2) is 42.0 Å². The van der Waals surface area contributed by atoms with Crippen molar-refractivity contribution in [2.75, 3.05) is 26.2 Å². The number of hydrogen-bond donors (Lipinski definition) is 0. The highest BCUT2D eigenvalue weighted by molar-refractivity contribution is 5.31. The first-order chi connectivity index (χ1) is 11.8. The first-order valence-electron chi connectivity index (χ1n) is 8.74. The number of benzene rings is 2. The van der Waals surface area contributed by atoms with Crippen molar-refractivity contribution < 1.29 is 0 Å². The third-order valence-corrected chi connectivity index (χ3v) is 4.95. The molecule has 3 rings (SSSR count). The summed E-state index contributed by atoms with van der Waals surface area (Å²) in [6.45, 7) is 6.28. The standard InChI is InChI=1S/C21H25N3/c1-18(12-13-22)23-14-16-24(17-15-23)21(19-8-4-2-5-9-19)20-10-6-3-7-11-20/h2-11,18,21H,12,14-17H2,1H3/t18-/m1/s1. The van der Waals surface area contributed by atoms with Gasteiger partial charge in [0.2, 0.25) is 0 Å². The zero-order valence-corrected chi connectivity index (χ0v) is 14.3. The van der Waals surface area contributed by atoms with E-state index in [1.807, 2.05) is 0 Å². The van der Waals surface area contributed by atoms with Crippen LogP contribution < -0.4 is 0 Å². The van der Waals surface area contributed by atoms with Crippen molar-refractivity contribution in [2.24, 2.45) is 0 Å². The van der Waals surface area contributed by atoms with Gasteiger partial charge in [-0.1, -0.05) is 60.7 Å². The molecule has 1 saturated heterocycles. The molecule has 1 atom stereocenters. The predicted octanol–water partition coefficient (Wildman–Crippen LogP) is 3.70. The lowest BCUT2D eigenvalue weighted by Crippen LogP contribution is -2.50. The maximum Gasteiger partial charge on any atom is 0.0638 e. The molecular formula is C21H25N3. The molecule has 24 heavy (non-hydrogen) atoms. The molecule has 0 aliphatic carbocycles. The van der Waals surface area contributed by atoms with Gasteiger partial charge < -0.3 is 0 Å². The number of nitrogens with zero attached hydrogens (tertiary/aromatic N) is 3. The zero-order chi connectivity index (χ0) is 16.8. The highest BCUT2D eigenvalue weighted by Crippen LogP contribution is 2.29. The fraction of sp³-hybridized carbons (Fsp3) is 0.381. The SMILES string of the molecule is C[C@H](CC#N)N1CCN(C(c2ccccc2)c2ccccc2)CC1. The normalized spacial score (nSPS) is 17.5. The highest BCUT2D eigenvalue weighted by atomic mass is 15.3. The second-order valence-electron chi connectivity index (χ2n) is 6.51. The molecular weight excluding hydrogens is 294 g/mol. The Kier molecular flexibility index (Phi) is 5.63. The van der Waals surface area contributed by atoms with Gasteiger partial charge in [-0.15, -0.1) is 0 Å². The summed E-state index contributed by atoms with van der Waals surface area (Å²) in [6, 6.07) is 24.5. The average molecular weight is 319 g/mol. The molecule has 0 amide bonds. The monoisotopic (exact) mass is 319 g/mol. The van der Waals surface area contributed by atoms with E-state index in [1.165, 1.54) is 11.1 Å². The molecule has 0 saturated carbocycles. The van der Waals surface area contributed by atoms with Gasteiger partial charge in [-0.05, 0) is 18.1 Å². The van der Waals surface area contributed by atoms with Crippen LogP contribution in [0.15, 0.2) is 60.7 Å². The molecule has 0 aromatic heterocycles. The van der Waals surface area contributed by atoms with Crippen molar-refractivity contribution in [1.82, 2.24) is 9.80 Å². The molecule has 3 nitrogen and oxygen atoms in total. The van der Waals surface area contributed by atoms with Gasteiger partial charge in [0.25, 0.3) is 0 Å². The fourth-order valence-electron chi connectivity index (χ4n) is 3.58. The lowest BCUT2D eigenvalue weighted by molar-refractivity contribution is 0.0852. The lowest BCUT2D eigenvalue weighted by Gasteiger charge is -2.41. The van der Waals surface area contributed by atoms with E-state index in [9.17, 15) is 0 Å². The Morgan fingerprint density at radius 3 is 1.75 bits per heavy atom. The van der Waals surface area contributed by atoms with Gasteiger partial charge in [-0.2, -0.15) is 5.26 Å². The van der Waals surface area contributed by atoms with Crippen molar-refractivity contribution in [3.63, 3.8) is 0 Å². The summed E-state index contributed by atoms with van der Waals surface area (Å²) in [4.78, 5) is 5.01. The molecule has 0 spiro atoms. The van der Waals surface area contributed by atoms with Crippen LogP contribution in [-0.2, 0) is 0 Å². The second kappa shape index (κ2) is 8.10. The van der Waals surface area contributed by atoms with Gasteiger partial charge in [-0.3, -0.25) is 9.80 Å². The molecule has 2 aromatic rings. The fourth-order valence-corrected chi connectivity index (χ4v) is 3.58. The van der Waals surface area contributed by atoms with Crippen LogP contribution in [0.4, 0.5) is 0 Å². The van der Waals surface area contributed by atoms with E-state index < -0.39 is 0 Å². The Hall–Kier alpha value is -2.15. The van der Waals surface area contributed by atoms with Crippen molar-refractivity contribution >= 4 is 0 Å². The van der Waals surface area contributed by atoms with Crippen molar-refractivity contribution in [3.8, 4) is 6.07 Å². The predicted molar refractivity (Wildman–Crippen MR) is 97.6 cm³/mol. The van der Waals surface area contributed by atoms with Crippen molar-refractivity contribution in [2.45, 2.75) is 25.4 Å². The summed E-state index contributed by atoms with van der Waals surface area (Å²) in [5.74, 6) is 0. The Morgan fingerprint density at radius 2 is 1.29 bits per heavy atom. The van der Waals surface area contributed by atoms with E-state index in [0.717, 1.165) is 26.2 Å². The molecule has 0 radical (unpaired) electrons. The van der Waals surface area contributed by atoms with Gasteiger partial charge >= 0.3 is 0 Å². The zero-order valence-electron chi connectivity index (χ0n) is 14.3. The molecule has 124 valence electrons. The molecule has 1 aliphatic heterocycles. The van der Waals surface area contributed by atoms with Crippen molar-refractivity contribution in [3.05, 3.63) is 71.8 Å². The third-order valence-electron chi connectivity index (χ3n) is 4.95. The van der Waals surface area contributed by atoms with Gasteiger partial charge in [-0.25, -0.2) is 0 Å². The van der Waals surface area contributed by atoms with E-state index in [-0.39, 0.29) is 0 Å². The van der Waals surface area contributed by atoms with E-state index in [2.05, 4.69) is 83.5 Å². The van der Waals surface area contributed by atoms with E-state index >= 15 is 0 Å². The van der Waals surface area contributed by atoms with Crippen LogP contribution in [0.5, 0.6) is 0 Å². The van der Waals surface area contributed by atoms with Crippen LogP contribution in [0.25, 0.3) is 0 Å². The Labute approximate surface area is 145 Å². The van der Waals surface area contributed by atoms with E-state index in [4.69, 9.17) is 5.26 Å². The van der Waals surface area contributed by atoms with Gasteiger partial charge in [0.05, 0.1) is 18.5 Å². The van der Waals surface area contributed by atoms with Crippen LogP contribution in [0.2, 0.25) is 0 Å². The van der Waals surface area contributed by atoms with Gasteiger partial charge in [0.15, 0.2) is 0 Å². The highest BCUT2D eigenvalue weighted by Gasteiger charge is 2.27. The largest absolute Gasteiger partial charge is 0.297 e. The maximum atomic E-state index is 8.92. The topological polar surface area (TPSA) is 30.3 Å². The number of nitriles is 1. The first kappa shape index (κ1) is 16.7. The quantitative estimate of drug-likeness (QED) is 0.842. The van der Waals surface area contributed by atoms with Crippen molar-refractivity contribution in [1.29, 1.82) is 5.26 Å². The first-order valence-corrected chi connectivity index (χ1v) is 8.74. The molecule has 3 heteroatoms. The molecule has 1 aliphatic rings. The smallest absolute Gasteiger partial charge is 0.0638 e. The summed E-state index contributed by atoms with van der Waals surface area (Å²) in [7, 11) is 0. The molecule has 0 N–H and O–H groups in total. The summed E-state index contributed by atoms with van der Waals surface area (Å²) in [6.07, 6.45) is 0.612. The van der Waals surface area contributed by atoms with Crippen LogP contribution >= 0.6 is 0 Å². The number of hydrogen-bond acceptors (Lipinski definition) is 3. The summed E-state index contributed by atoms with van der Waals surface area (Å²) < 4.78 is 0. The Bertz CT molecular complexity index is 615. The van der Waals surface area contributed by atoms with E-state index in [1.54, 1.807) is 0 Å². The minimum absolute atomic E-state index is 0.306. The maximum absolute atomic E-state index is 8.92. The molecule has 0 unspecified atom stereocenters. The molecule has 2 aromatic carbocycles. The third kappa shape index (κ3) is 3.84. The summed E-state index contributed by atoms with van der Waals surface area (Å²) in [5, 5.41) is 8.92. The van der Waals surface area contributed by atoms with Gasteiger partial charge in [0, 0.05) is 32.2 Å². The Balaban J connectivity index is 1.78. The second-order valence-corrected chi connectivity index (χ2v) is 6.51. The molecule has 1 fully saturated rings. The number of rotatable bonds is 5. The Morgan fingerprint density at radius 1 is 0.833 bits per heavy atom. The summed E-state index contributed by atoms with van der Waals surface area (Å²) in [5.41, 5.74) is 2.70. The van der Waals surface area contributed by atoms with Gasteiger partial charge in [0.1, 0.15) is 0 Å². The van der Waals surface area contributed by atoms with Crippen LogP contribution in [0.3, 0.4) is 0 Å². The molecule has 0 bridgehead atoms. The summed E-state index contributed by atoms with van der Waals surface area (Å²) >= 11 is 0. The minimum Gasteiger partial charge on any atom is -0.297 e. The average Bonchev–Trinajstić information content (AvgIpc) is 2.64. The molecule has 1 heterocycles. The van der Waals surface area contributed by atoms with E-state index in [0.29, 0.717) is 18.5 Å². The lowest BCUT2D eigenvalue weighted by atomic mass is 9.96. The number of piperazine rings is 1. The van der Waals surface area contributed by atoms with Crippen LogP contribution in [0, 0.1) is 11.3 Å². The van der Waals surface area contributed by atoms with Crippen LogP contribution in [0.1, 0.15) is 30.5 Å². The minimum atomic E-state index is 0.306.